The molecule has 4 rings (SSSR count). The number of nitrogens with one attached hydrogen (secondary N) is 1. The van der Waals surface area contributed by atoms with E-state index in [0.29, 0.717) is 21.8 Å². The van der Waals surface area contributed by atoms with E-state index in [1.165, 1.54) is 11.8 Å². The first kappa shape index (κ1) is 23.4. The van der Waals surface area contributed by atoms with Gasteiger partial charge >= 0.3 is 0 Å². The molecule has 0 saturated carbocycles. The van der Waals surface area contributed by atoms with Crippen molar-refractivity contribution in [1.29, 1.82) is 0 Å². The predicted molar refractivity (Wildman–Crippen MR) is 137 cm³/mol. The second-order valence-electron chi connectivity index (χ2n) is 7.11. The van der Waals surface area contributed by atoms with Gasteiger partial charge in [-0.1, -0.05) is 51.4 Å². The summed E-state index contributed by atoms with van der Waals surface area (Å²) >= 11 is 10.8. The molecule has 9 heteroatoms. The number of rotatable bonds is 7. The molecule has 0 spiro atoms. The van der Waals surface area contributed by atoms with Crippen molar-refractivity contribution in [2.24, 2.45) is 0 Å². The highest BCUT2D eigenvalue weighted by molar-refractivity contribution is 9.10. The molecule has 33 heavy (non-hydrogen) atoms. The van der Waals surface area contributed by atoms with E-state index in [9.17, 15) is 4.79 Å². The van der Waals surface area contributed by atoms with Crippen LogP contribution in [0.1, 0.15) is 5.56 Å². The van der Waals surface area contributed by atoms with Crippen LogP contribution in [-0.4, -0.2) is 33.5 Å². The predicted octanol–water partition coefficient (Wildman–Crippen LogP) is 6.40. The summed E-state index contributed by atoms with van der Waals surface area (Å²) in [5.41, 5.74) is 3.38. The maximum atomic E-state index is 12.7. The van der Waals surface area contributed by atoms with Crippen LogP contribution in [-0.2, 0) is 4.79 Å². The van der Waals surface area contributed by atoms with Gasteiger partial charge in [-0.25, -0.2) is 0 Å². The fourth-order valence-corrected chi connectivity index (χ4v) is 4.63. The Bertz CT molecular complexity index is 1290. The molecule has 4 aromatic rings. The van der Waals surface area contributed by atoms with Gasteiger partial charge in [-0.2, -0.15) is 0 Å². The second kappa shape index (κ2) is 10.4. The van der Waals surface area contributed by atoms with Crippen molar-refractivity contribution in [3.8, 4) is 22.8 Å². The van der Waals surface area contributed by atoms with Crippen molar-refractivity contribution in [1.82, 2.24) is 14.8 Å². The summed E-state index contributed by atoms with van der Waals surface area (Å²) in [6, 6.07) is 20.7. The third kappa shape index (κ3) is 5.40. The molecule has 0 bridgehead atoms. The van der Waals surface area contributed by atoms with Crippen LogP contribution in [0.5, 0.6) is 5.75 Å². The highest BCUT2D eigenvalue weighted by Crippen LogP contribution is 2.33. The molecule has 1 amide bonds. The van der Waals surface area contributed by atoms with Crippen molar-refractivity contribution in [2.45, 2.75) is 12.1 Å². The minimum absolute atomic E-state index is 0.130. The molecular formula is C24H20BrClN4O2S. The Morgan fingerprint density at radius 1 is 1.12 bits per heavy atom. The third-order valence-electron chi connectivity index (χ3n) is 4.86. The van der Waals surface area contributed by atoms with Gasteiger partial charge in [-0.3, -0.25) is 9.36 Å². The van der Waals surface area contributed by atoms with Gasteiger partial charge in [0.25, 0.3) is 0 Å². The number of thioether (sulfide) groups is 1. The van der Waals surface area contributed by atoms with Crippen LogP contribution in [0.25, 0.3) is 17.1 Å². The van der Waals surface area contributed by atoms with Crippen molar-refractivity contribution in [2.75, 3.05) is 18.2 Å². The SMILES string of the molecule is COc1ccccc1-c1nnc(SCC(=O)Nc2ccc(Br)cc2C)n1-c1ccc(Cl)cc1. The first-order valence-corrected chi connectivity index (χ1v) is 12.2. The molecule has 1 aromatic heterocycles. The number of aromatic nitrogens is 3. The molecule has 0 aliphatic carbocycles. The Morgan fingerprint density at radius 3 is 2.61 bits per heavy atom. The van der Waals surface area contributed by atoms with E-state index in [1.807, 2.05) is 66.1 Å². The standard InChI is InChI=1S/C24H20BrClN4O2S/c1-15-13-16(25)7-12-20(15)27-22(31)14-33-24-29-28-23(19-5-3-4-6-21(19)32-2)30(24)18-10-8-17(26)9-11-18/h3-13H,14H2,1-2H3,(H,27,31). The molecule has 1 heterocycles. The van der Waals surface area contributed by atoms with Gasteiger partial charge < -0.3 is 10.1 Å². The lowest BCUT2D eigenvalue weighted by atomic mass is 10.2. The molecule has 1 N–H and O–H groups in total. The molecule has 0 aliphatic rings. The summed E-state index contributed by atoms with van der Waals surface area (Å²) in [5, 5.41) is 13.0. The smallest absolute Gasteiger partial charge is 0.234 e. The van der Waals surface area contributed by atoms with Gasteiger partial charge in [0.15, 0.2) is 11.0 Å². The summed E-state index contributed by atoms with van der Waals surface area (Å²) in [6.45, 7) is 1.95. The van der Waals surface area contributed by atoms with Crippen molar-refractivity contribution in [3.05, 3.63) is 81.8 Å². The van der Waals surface area contributed by atoms with Crippen molar-refractivity contribution in [3.63, 3.8) is 0 Å². The Hall–Kier alpha value is -2.81. The number of aryl methyl sites for hydroxylation is 1. The lowest BCUT2D eigenvalue weighted by Crippen LogP contribution is -2.15. The van der Waals surface area contributed by atoms with E-state index in [1.54, 1.807) is 19.2 Å². The Morgan fingerprint density at radius 2 is 1.88 bits per heavy atom. The highest BCUT2D eigenvalue weighted by atomic mass is 79.9. The quantitative estimate of drug-likeness (QED) is 0.273. The number of hydrogen-bond acceptors (Lipinski definition) is 5. The van der Waals surface area contributed by atoms with E-state index >= 15 is 0 Å². The zero-order chi connectivity index (χ0) is 23.4. The number of carbonyl (C=O) groups is 1. The molecule has 0 atom stereocenters. The van der Waals surface area contributed by atoms with Gasteiger partial charge in [-0.15, -0.1) is 10.2 Å². The number of para-hydroxylation sites is 1. The number of hydrogen-bond donors (Lipinski definition) is 1. The van der Waals surface area contributed by atoms with Crippen LogP contribution in [0.4, 0.5) is 5.69 Å². The number of ether oxygens (including phenoxy) is 1. The van der Waals surface area contributed by atoms with E-state index < -0.39 is 0 Å². The molecule has 0 saturated heterocycles. The zero-order valence-electron chi connectivity index (χ0n) is 17.9. The minimum atomic E-state index is -0.130. The first-order valence-electron chi connectivity index (χ1n) is 10.00. The molecule has 6 nitrogen and oxygen atoms in total. The molecule has 0 radical (unpaired) electrons. The number of nitrogens with zero attached hydrogens (tertiary/aromatic N) is 3. The van der Waals surface area contributed by atoms with E-state index in [0.717, 1.165) is 27.0 Å². The average molecular weight is 544 g/mol. The van der Waals surface area contributed by atoms with Gasteiger partial charge in [0, 0.05) is 20.9 Å². The number of carbonyl (C=O) groups excluding carboxylic acids is 1. The lowest BCUT2D eigenvalue weighted by Gasteiger charge is -2.13. The maximum absolute atomic E-state index is 12.7. The van der Waals surface area contributed by atoms with Crippen LogP contribution in [0.15, 0.2) is 76.4 Å². The normalized spacial score (nSPS) is 10.8. The first-order chi connectivity index (χ1) is 16.0. The number of methoxy groups -OCH3 is 1. The minimum Gasteiger partial charge on any atom is -0.496 e. The second-order valence-corrected chi connectivity index (χ2v) is 9.41. The number of anilines is 1. The molecule has 168 valence electrons. The summed E-state index contributed by atoms with van der Waals surface area (Å²) in [7, 11) is 1.62. The van der Waals surface area contributed by atoms with E-state index in [-0.39, 0.29) is 11.7 Å². The van der Waals surface area contributed by atoms with Gasteiger partial charge in [-0.05, 0) is 67.1 Å². The molecule has 3 aromatic carbocycles. The molecule has 0 aliphatic heterocycles. The van der Waals surface area contributed by atoms with Gasteiger partial charge in [0.1, 0.15) is 5.75 Å². The summed E-state index contributed by atoms with van der Waals surface area (Å²) in [6.07, 6.45) is 0. The monoisotopic (exact) mass is 542 g/mol. The van der Waals surface area contributed by atoms with Crippen molar-refractivity contribution < 1.29 is 9.53 Å². The lowest BCUT2D eigenvalue weighted by molar-refractivity contribution is -0.113. The fraction of sp³-hybridized carbons (Fsp3) is 0.125. The van der Waals surface area contributed by atoms with Crippen molar-refractivity contribution >= 4 is 50.9 Å². The van der Waals surface area contributed by atoms with Crippen LogP contribution < -0.4 is 10.1 Å². The van der Waals surface area contributed by atoms with Crippen LogP contribution in [0.3, 0.4) is 0 Å². The van der Waals surface area contributed by atoms with Crippen LogP contribution in [0.2, 0.25) is 5.02 Å². The summed E-state index contributed by atoms with van der Waals surface area (Å²) in [4.78, 5) is 12.7. The summed E-state index contributed by atoms with van der Waals surface area (Å²) < 4.78 is 8.39. The fourth-order valence-electron chi connectivity index (χ4n) is 3.27. The highest BCUT2D eigenvalue weighted by Gasteiger charge is 2.20. The molecule has 0 fully saturated rings. The maximum Gasteiger partial charge on any atom is 0.234 e. The largest absolute Gasteiger partial charge is 0.496 e. The van der Waals surface area contributed by atoms with Crippen LogP contribution in [0, 0.1) is 6.92 Å². The Labute approximate surface area is 209 Å². The number of benzene rings is 3. The van der Waals surface area contributed by atoms with Gasteiger partial charge in [0.05, 0.1) is 18.4 Å². The topological polar surface area (TPSA) is 69.0 Å². The Kier molecular flexibility index (Phi) is 7.37. The number of halogens is 2. The number of amides is 1. The van der Waals surface area contributed by atoms with E-state index in [4.69, 9.17) is 16.3 Å². The van der Waals surface area contributed by atoms with Gasteiger partial charge in [0.2, 0.25) is 5.91 Å². The van der Waals surface area contributed by atoms with E-state index in [2.05, 4.69) is 31.4 Å². The molecule has 0 unspecified atom stereocenters. The Balaban J connectivity index is 1.63. The third-order valence-corrected chi connectivity index (χ3v) is 6.54. The summed E-state index contributed by atoms with van der Waals surface area (Å²) in [5.74, 6) is 1.34. The van der Waals surface area contributed by atoms with Crippen LogP contribution >= 0.6 is 39.3 Å². The zero-order valence-corrected chi connectivity index (χ0v) is 21.0. The molecular weight excluding hydrogens is 524 g/mol. The average Bonchev–Trinajstić information content (AvgIpc) is 3.24.